The van der Waals surface area contributed by atoms with Crippen LogP contribution in [0.15, 0.2) is 261 Å². The van der Waals surface area contributed by atoms with Gasteiger partial charge in [-0.1, -0.05) is 280 Å². The Hall–Kier alpha value is -10.6. The number of amides is 2. The second kappa shape index (κ2) is 37.2. The minimum absolute atomic E-state index is 0.000337. The number of carboxylic acids is 1. The normalized spacial score (nSPS) is 29.1. The number of halogens is 8. The van der Waals surface area contributed by atoms with E-state index in [2.05, 4.69) is 83.7 Å². The first-order valence-electron chi connectivity index (χ1n) is 42.7. The van der Waals surface area contributed by atoms with Gasteiger partial charge in [0, 0.05) is 94.0 Å². The fourth-order valence-electron chi connectivity index (χ4n) is 22.3. The van der Waals surface area contributed by atoms with E-state index in [0.717, 1.165) is 29.0 Å². The van der Waals surface area contributed by atoms with E-state index in [0.29, 0.717) is 33.4 Å². The molecule has 28 nitrogen and oxygen atoms in total. The van der Waals surface area contributed by atoms with E-state index in [4.69, 9.17) is 89.0 Å². The van der Waals surface area contributed by atoms with E-state index in [1.807, 2.05) is 140 Å². The van der Waals surface area contributed by atoms with Crippen LogP contribution in [0.1, 0.15) is 90.4 Å². The maximum Gasteiger partial charge on any atom is 0.312 e. The molecule has 8 aliphatic rings. The van der Waals surface area contributed by atoms with Gasteiger partial charge in [0.2, 0.25) is 35.3 Å². The van der Waals surface area contributed by atoms with Gasteiger partial charge in [0.1, 0.15) is 68.0 Å². The summed E-state index contributed by atoms with van der Waals surface area (Å²) in [5, 5.41) is 108. The summed E-state index contributed by atoms with van der Waals surface area (Å²) >= 11 is 38.7. The largest absolute Gasteiger partial charge is 0.481 e. The fourth-order valence-corrected chi connectivity index (χ4v) is 24.0. The van der Waals surface area contributed by atoms with Gasteiger partial charge < -0.3 is 98.4 Å². The molecule has 36 heteroatoms. The van der Waals surface area contributed by atoms with E-state index in [9.17, 15) is 65.1 Å². The van der Waals surface area contributed by atoms with Crippen LogP contribution in [-0.2, 0) is 68.7 Å². The summed E-state index contributed by atoms with van der Waals surface area (Å²) < 4.78 is 56.6. The number of hydrogen-bond donors (Lipinski definition) is 9. The van der Waals surface area contributed by atoms with Crippen molar-refractivity contribution < 1.29 is 108 Å². The number of carbonyl (C=O) groups excluding carboxylic acids is 3. The van der Waals surface area contributed by atoms with Crippen LogP contribution in [0.2, 0.25) is 20.6 Å². The van der Waals surface area contributed by atoms with Gasteiger partial charge in [0.05, 0.1) is 81.5 Å². The molecule has 0 spiro atoms. The lowest BCUT2D eigenvalue weighted by molar-refractivity contribution is -0.161. The first-order valence-corrected chi connectivity index (χ1v) is 47.4. The van der Waals surface area contributed by atoms with Crippen LogP contribution in [-0.4, -0.2) is 188 Å². The van der Waals surface area contributed by atoms with E-state index in [-0.39, 0.29) is 101 Å². The summed E-state index contributed by atoms with van der Waals surface area (Å²) in [6.45, 7) is 0. The molecule has 710 valence electrons. The number of hydrogen-bond acceptors (Lipinski definition) is 25. The molecule has 4 aromatic heterocycles. The van der Waals surface area contributed by atoms with Gasteiger partial charge in [-0.05, 0) is 93.0 Å². The number of aliphatic carboxylic acids is 1. The predicted octanol–water partition coefficient (Wildman–Crippen LogP) is 15.5. The fraction of sp³-hybridized carbons (Fsp3) is 0.287. The van der Waals surface area contributed by atoms with Crippen molar-refractivity contribution in [2.24, 2.45) is 23.7 Å². The zero-order valence-electron chi connectivity index (χ0n) is 74.1. The molecule has 0 bridgehead atoms. The topological polar surface area (TPSA) is 391 Å². The molecule has 4 saturated carbocycles. The van der Waals surface area contributed by atoms with E-state index in [1.54, 1.807) is 107 Å². The van der Waals surface area contributed by atoms with Crippen LogP contribution >= 0.6 is 110 Å². The molecule has 4 aliphatic heterocycles. The highest BCUT2D eigenvalue weighted by atomic mass is 79.9. The van der Waals surface area contributed by atoms with Crippen molar-refractivity contribution in [3.8, 4) is 46.5 Å². The zero-order chi connectivity index (χ0) is 98.0. The van der Waals surface area contributed by atoms with Crippen LogP contribution in [0, 0.1) is 23.7 Å². The van der Waals surface area contributed by atoms with Crippen molar-refractivity contribution in [2.45, 2.75) is 92.9 Å². The summed E-state index contributed by atoms with van der Waals surface area (Å²) in [6.07, 6.45) is -6.47. The van der Waals surface area contributed by atoms with Crippen molar-refractivity contribution in [1.82, 2.24) is 29.7 Å². The molecule has 0 saturated heterocycles. The second-order valence-corrected chi connectivity index (χ2v) is 39.7. The van der Waals surface area contributed by atoms with Gasteiger partial charge in [0.15, 0.2) is 44.8 Å². The highest BCUT2D eigenvalue weighted by molar-refractivity contribution is 9.11. The van der Waals surface area contributed by atoms with Gasteiger partial charge in [-0.15, -0.1) is 0 Å². The van der Waals surface area contributed by atoms with Gasteiger partial charge in [-0.3, -0.25) is 19.2 Å². The average molecular weight is 2200 g/mol. The molecule has 4 fully saturated rings. The number of carboxylic acid groups (broad SMARTS) is 1. The minimum atomic E-state index is -2.21. The van der Waals surface area contributed by atoms with Crippen LogP contribution < -0.4 is 37.9 Å². The number of carbonyl (C=O) groups is 4. The number of aromatic nitrogens is 4. The number of fused-ring (bicyclic) bond motifs is 12. The molecule has 12 aromatic rings. The molecular formula is C101H88Br4Cl4N6O22. The molecule has 0 radical (unpaired) electrons. The Morgan fingerprint density at radius 1 is 0.328 bits per heavy atom. The Labute approximate surface area is 839 Å². The van der Waals surface area contributed by atoms with E-state index >= 15 is 0 Å². The third kappa shape index (κ3) is 14.8. The number of aliphatic hydroxyl groups is 8. The number of ether oxygens (including phenoxy) is 9. The van der Waals surface area contributed by atoms with Crippen molar-refractivity contribution in [2.75, 3.05) is 63.7 Å². The lowest BCUT2D eigenvalue weighted by Crippen LogP contribution is -2.52. The predicted molar refractivity (Wildman–Crippen MR) is 516 cm³/mol. The van der Waals surface area contributed by atoms with E-state index in [1.165, 1.54) is 69.6 Å². The third-order valence-electron chi connectivity index (χ3n) is 27.5. The van der Waals surface area contributed by atoms with Crippen LogP contribution in [0.25, 0.3) is 0 Å². The number of pyridine rings is 4. The molecular weight excluding hydrogens is 2110 g/mol. The van der Waals surface area contributed by atoms with Gasteiger partial charge >= 0.3 is 11.9 Å². The average Bonchev–Trinajstić information content (AvgIpc) is 1.50. The second-order valence-electron chi connectivity index (χ2n) is 34.5. The number of esters is 1. The summed E-state index contributed by atoms with van der Waals surface area (Å²) in [7, 11) is 13.3. The number of benzene rings is 8. The molecule has 9 N–H and O–H groups in total. The van der Waals surface area contributed by atoms with Crippen molar-refractivity contribution >= 4 is 134 Å². The summed E-state index contributed by atoms with van der Waals surface area (Å²) in [5.41, 5.74) is -9.57. The lowest BCUT2D eigenvalue weighted by atomic mass is 9.70. The third-order valence-corrected chi connectivity index (χ3v) is 30.4. The first kappa shape index (κ1) is 98.0. The maximum absolute atomic E-state index is 13.6. The zero-order valence-corrected chi connectivity index (χ0v) is 83.4. The highest BCUT2D eigenvalue weighted by Crippen LogP contribution is 2.75. The SMILES string of the molecule is COC(=O)[C@H]1[C@@H](O)[C@@]2(O)c3c(cc(Cl)nc3OC)O[C@@]2(c2ccc(Br)cc2)[C@@H]1c1ccccc1.COc1nc(Cl)cc2c1[C@]1(O)[C@H](O)[C@H](C(=O)N(C)C)[C@@H](c3ccccc3)[C@]1(c1ccc(Br)cc1)O2.COc1nc(Cl)cc2c1[C@]1(O)[C@H](O)[C@H](C(=O)N(C)C)[C@@H](c3ccccc3)[C@]1(c1ccc(Br)cc1)O2.COc1nc(Cl)cc2c1[C@]1(O)[C@H](O)[C@H](C(=O)O)[C@@H](c3ccccc3)[C@]1(c1ccc(Br)cc1)O2. The van der Waals surface area contributed by atoms with Gasteiger partial charge in [-0.2, -0.15) is 0 Å². The van der Waals surface area contributed by atoms with Crippen molar-refractivity contribution in [3.63, 3.8) is 0 Å². The van der Waals surface area contributed by atoms with Crippen molar-refractivity contribution in [3.05, 3.63) is 348 Å². The Kier molecular flexibility index (Phi) is 26.6. The Morgan fingerprint density at radius 3 is 0.737 bits per heavy atom. The monoisotopic (exact) mass is 2190 g/mol. The number of methoxy groups -OCH3 is 5. The number of nitrogens with zero attached hydrogens (tertiary/aromatic N) is 6. The Morgan fingerprint density at radius 2 is 0.533 bits per heavy atom. The lowest BCUT2D eigenvalue weighted by Gasteiger charge is -2.40. The molecule has 4 aliphatic carbocycles. The first-order chi connectivity index (χ1) is 65.4. The maximum atomic E-state index is 13.6. The molecule has 0 unspecified atom stereocenters. The van der Waals surface area contributed by atoms with Crippen LogP contribution in [0.5, 0.6) is 46.5 Å². The molecule has 20 rings (SSSR count). The number of aliphatic hydroxyl groups excluding tert-OH is 4. The van der Waals surface area contributed by atoms with Crippen LogP contribution in [0.4, 0.5) is 0 Å². The standard InChI is InChI=1S/2C26H24BrClN2O5.C25H21BrClNO6.C24H19BrClNO6/c2*1-30(2)24(32)19-20(14-7-5-4-6-8-14)26(15-9-11-16(27)12-10-15)25(33,22(19)31)21-17(35-26)13-18(28)29-23(21)34-3;1-32-22-20-16(12-17(27)28-22)34-25(14-8-10-15(26)11-9-14)19(13-6-4-3-5-7-13)18(23(30)33-2)21(29)24(20,25)31;1-32-21-19-15(11-16(26)27-21)33-24(13-7-9-14(25)10-8-13)18(12-5-3-2-4-6-12)17(22(29)30)20(28)23(19,24)31/h2*4-13,19-20,22,31,33H,1-3H3;3-12,18-19,21,29,31H,1-2H3;2-11,17-18,20,28,31H,1H3,(H,29,30)/t2*19-,20-,22-,25+,26+;18-,19-,21-,24+,25+;17-,18-,20-,23+,24+/m1111/s1. The molecule has 8 aromatic carbocycles. The molecule has 137 heavy (non-hydrogen) atoms. The van der Waals surface area contributed by atoms with Gasteiger partial charge in [0.25, 0.3) is 0 Å². The summed E-state index contributed by atoms with van der Waals surface area (Å²) in [5.74, 6) is -9.70. The molecule has 2 amide bonds. The van der Waals surface area contributed by atoms with Crippen molar-refractivity contribution in [1.29, 1.82) is 0 Å². The van der Waals surface area contributed by atoms with E-state index < -0.39 is 129 Å². The van der Waals surface area contributed by atoms with Crippen LogP contribution in [0.3, 0.4) is 0 Å². The highest BCUT2D eigenvalue weighted by Gasteiger charge is 2.83. The number of rotatable bonds is 16. The molecule has 8 heterocycles. The summed E-state index contributed by atoms with van der Waals surface area (Å²) in [6, 6.07) is 71.3. The minimum Gasteiger partial charge on any atom is -0.481 e. The Balaban J connectivity index is 0.000000127. The Bertz CT molecular complexity index is 6460. The summed E-state index contributed by atoms with van der Waals surface area (Å²) in [4.78, 5) is 72.4. The van der Waals surface area contributed by atoms with Gasteiger partial charge in [-0.25, -0.2) is 19.9 Å². The molecule has 20 atom stereocenters. The smallest absolute Gasteiger partial charge is 0.312 e. The quantitative estimate of drug-likeness (QED) is 0.0320.